The van der Waals surface area contributed by atoms with Crippen LogP contribution in [-0.2, 0) is 11.2 Å². The van der Waals surface area contributed by atoms with Gasteiger partial charge in [0.25, 0.3) is 0 Å². The summed E-state index contributed by atoms with van der Waals surface area (Å²) >= 11 is 3.06. The van der Waals surface area contributed by atoms with Crippen LogP contribution in [-0.4, -0.2) is 26.4 Å². The van der Waals surface area contributed by atoms with Crippen molar-refractivity contribution in [3.05, 3.63) is 64.2 Å². The van der Waals surface area contributed by atoms with E-state index in [2.05, 4.69) is 48.9 Å². The average molecular weight is 357 g/mol. The first kappa shape index (κ1) is 16.7. The number of carbonyl (C=O) groups excluding carboxylic acids is 1. The van der Waals surface area contributed by atoms with Crippen LogP contribution in [0.3, 0.4) is 0 Å². The van der Waals surface area contributed by atoms with Crippen LogP contribution in [0, 0.1) is 20.8 Å². The molecule has 2 nitrogen and oxygen atoms in total. The van der Waals surface area contributed by atoms with Crippen molar-refractivity contribution in [2.24, 2.45) is 4.99 Å². The first-order valence-electron chi connectivity index (χ1n) is 7.29. The Hall–Kier alpha value is -1.70. The zero-order valence-corrected chi connectivity index (χ0v) is 15.1. The molecule has 0 saturated carbocycles. The Kier molecular flexibility index (Phi) is 5.33. The fraction of sp³-hybridized carbons (Fsp3) is 0.263. The Labute approximate surface area is 140 Å². The van der Waals surface area contributed by atoms with Gasteiger partial charge in [-0.2, -0.15) is 0 Å². The fourth-order valence-corrected chi connectivity index (χ4v) is 3.27. The monoisotopic (exact) mass is 358 g/mol. The third kappa shape index (κ3) is 3.94. The molecular formula is C19H20NOSe. The number of rotatable bonds is 4. The Bertz CT molecular complexity index is 724. The third-order valence-electron chi connectivity index (χ3n) is 3.54. The molecule has 0 spiro atoms. The summed E-state index contributed by atoms with van der Waals surface area (Å²) in [4.78, 5) is 16.2. The van der Waals surface area contributed by atoms with Gasteiger partial charge in [-0.05, 0) is 0 Å². The van der Waals surface area contributed by atoms with Crippen molar-refractivity contribution in [3.8, 4) is 0 Å². The molecule has 0 aliphatic rings. The number of aryl methyl sites for hydroxylation is 3. The molecule has 2 aromatic rings. The first-order chi connectivity index (χ1) is 10.4. The predicted molar refractivity (Wildman–Crippen MR) is 93.4 cm³/mol. The molecule has 0 N–H and O–H groups in total. The summed E-state index contributed by atoms with van der Waals surface area (Å²) in [5, 5.41) is 0. The minimum atomic E-state index is 0.156. The Morgan fingerprint density at radius 1 is 1.09 bits per heavy atom. The molecule has 0 saturated heterocycles. The van der Waals surface area contributed by atoms with Gasteiger partial charge in [0.15, 0.2) is 0 Å². The zero-order chi connectivity index (χ0) is 16.3. The first-order valence-corrected chi connectivity index (χ1v) is 8.15. The molecule has 0 aliphatic carbocycles. The normalized spacial score (nSPS) is 11.5. The fourth-order valence-electron chi connectivity index (χ4n) is 2.66. The standard InChI is InChI=1S/C19H20NOSe/c1-12-9-13(2)18(14(3)10-12)20-19(22)17-8-6-5-7-16(17)11-15(4)21/h5-10H,11H2,1-4H3. The van der Waals surface area contributed by atoms with Crippen LogP contribution in [0.5, 0.6) is 0 Å². The number of hydrogen-bond donors (Lipinski definition) is 0. The number of ketones is 1. The summed E-state index contributed by atoms with van der Waals surface area (Å²) < 4.78 is 0.826. The molecule has 3 heteroatoms. The molecule has 0 amide bonds. The second kappa shape index (κ2) is 7.04. The van der Waals surface area contributed by atoms with Crippen molar-refractivity contribution in [1.29, 1.82) is 0 Å². The van der Waals surface area contributed by atoms with Gasteiger partial charge in [0.2, 0.25) is 0 Å². The van der Waals surface area contributed by atoms with Crippen LogP contribution in [0.2, 0.25) is 0 Å². The molecule has 0 atom stereocenters. The maximum absolute atomic E-state index is 11.4. The van der Waals surface area contributed by atoms with E-state index in [0.717, 1.165) is 32.6 Å². The van der Waals surface area contributed by atoms with Crippen molar-refractivity contribution in [3.63, 3.8) is 0 Å². The van der Waals surface area contributed by atoms with Crippen molar-refractivity contribution in [2.75, 3.05) is 0 Å². The van der Waals surface area contributed by atoms with Crippen molar-refractivity contribution in [1.82, 2.24) is 0 Å². The van der Waals surface area contributed by atoms with Crippen LogP contribution in [0.4, 0.5) is 5.69 Å². The molecule has 2 aromatic carbocycles. The van der Waals surface area contributed by atoms with Gasteiger partial charge in [0, 0.05) is 0 Å². The van der Waals surface area contributed by atoms with E-state index in [1.165, 1.54) is 5.56 Å². The Morgan fingerprint density at radius 3 is 2.27 bits per heavy atom. The van der Waals surface area contributed by atoms with Crippen molar-refractivity contribution in [2.45, 2.75) is 34.1 Å². The molecule has 0 fully saturated rings. The van der Waals surface area contributed by atoms with E-state index in [1.54, 1.807) is 6.92 Å². The Balaban J connectivity index is 2.48. The summed E-state index contributed by atoms with van der Waals surface area (Å²) in [5.41, 5.74) is 6.57. The van der Waals surface area contributed by atoms with Gasteiger partial charge >= 0.3 is 140 Å². The second-order valence-corrected chi connectivity index (χ2v) is 6.51. The molecule has 1 radical (unpaired) electrons. The molecule has 0 unspecified atom stereocenters. The SMILES string of the molecule is CC(=O)Cc1ccccc1C([Se])=Nc1c(C)cc(C)cc1C. The van der Waals surface area contributed by atoms with Gasteiger partial charge in [0.05, 0.1) is 0 Å². The number of benzene rings is 2. The maximum atomic E-state index is 11.4. The molecule has 0 aromatic heterocycles. The van der Waals surface area contributed by atoms with Gasteiger partial charge in [-0.3, -0.25) is 0 Å². The van der Waals surface area contributed by atoms with E-state index in [0.29, 0.717) is 6.42 Å². The van der Waals surface area contributed by atoms with Crippen LogP contribution in [0.1, 0.15) is 34.7 Å². The summed E-state index contributed by atoms with van der Waals surface area (Å²) in [6.45, 7) is 7.86. The summed E-state index contributed by atoms with van der Waals surface area (Å²) in [6.07, 6.45) is 0.433. The topological polar surface area (TPSA) is 29.4 Å². The molecule has 0 aliphatic heterocycles. The van der Waals surface area contributed by atoms with Gasteiger partial charge in [0.1, 0.15) is 0 Å². The van der Waals surface area contributed by atoms with E-state index >= 15 is 0 Å². The number of nitrogens with zero attached hydrogens (tertiary/aromatic N) is 1. The molecule has 0 bridgehead atoms. The van der Waals surface area contributed by atoms with E-state index in [4.69, 9.17) is 4.99 Å². The molecular weight excluding hydrogens is 337 g/mol. The number of Topliss-reactive ketones (excluding diaryl/α,β-unsaturated/α-hetero) is 1. The third-order valence-corrected chi connectivity index (χ3v) is 4.19. The Morgan fingerprint density at radius 2 is 1.68 bits per heavy atom. The van der Waals surface area contributed by atoms with Gasteiger partial charge in [-0.25, -0.2) is 0 Å². The zero-order valence-electron chi connectivity index (χ0n) is 13.4. The summed E-state index contributed by atoms with van der Waals surface area (Å²) in [5.74, 6) is 0.156. The van der Waals surface area contributed by atoms with Crippen molar-refractivity contribution < 1.29 is 4.79 Å². The molecule has 113 valence electrons. The minimum absolute atomic E-state index is 0.156. The van der Waals surface area contributed by atoms with Crippen LogP contribution >= 0.6 is 0 Å². The quantitative estimate of drug-likeness (QED) is 0.601. The number of aliphatic imine (C=N–C) groups is 1. The second-order valence-electron chi connectivity index (χ2n) is 5.70. The van der Waals surface area contributed by atoms with Crippen LogP contribution in [0.25, 0.3) is 0 Å². The number of carbonyl (C=O) groups is 1. The van der Waals surface area contributed by atoms with E-state index < -0.39 is 0 Å². The van der Waals surface area contributed by atoms with E-state index in [9.17, 15) is 4.79 Å². The van der Waals surface area contributed by atoms with E-state index in [-0.39, 0.29) is 5.78 Å². The van der Waals surface area contributed by atoms with Gasteiger partial charge in [-0.15, -0.1) is 0 Å². The average Bonchev–Trinajstić information content (AvgIpc) is 2.42. The molecule has 2 rings (SSSR count). The van der Waals surface area contributed by atoms with Gasteiger partial charge < -0.3 is 0 Å². The molecule has 22 heavy (non-hydrogen) atoms. The summed E-state index contributed by atoms with van der Waals surface area (Å²) in [7, 11) is 0. The van der Waals surface area contributed by atoms with Crippen LogP contribution in [0.15, 0.2) is 41.4 Å². The van der Waals surface area contributed by atoms with E-state index in [1.807, 2.05) is 24.3 Å². The van der Waals surface area contributed by atoms with Crippen molar-refractivity contribution >= 4 is 32.1 Å². The predicted octanol–water partition coefficient (Wildman–Crippen LogP) is 3.99. The van der Waals surface area contributed by atoms with Gasteiger partial charge in [-0.1, -0.05) is 0 Å². The van der Waals surface area contributed by atoms with Crippen LogP contribution < -0.4 is 0 Å². The summed E-state index contributed by atoms with van der Waals surface area (Å²) in [6, 6.07) is 12.2. The molecule has 0 heterocycles. The number of hydrogen-bond acceptors (Lipinski definition) is 2.